The molecule has 0 aromatic rings. The lowest BCUT2D eigenvalue weighted by Crippen LogP contribution is -2.66. The molecule has 8 nitrogen and oxygen atoms in total. The molecule has 0 spiro atoms. The predicted molar refractivity (Wildman–Crippen MR) is 101 cm³/mol. The largest absolute Gasteiger partial charge is 0.399 e. The Bertz CT molecular complexity index is 407. The summed E-state index contributed by atoms with van der Waals surface area (Å²) in [6, 6.07) is 0.597. The molecule has 2 aliphatic rings. The van der Waals surface area contributed by atoms with Gasteiger partial charge in [-0.25, -0.2) is 0 Å². The second-order valence-corrected chi connectivity index (χ2v) is 11.0. The van der Waals surface area contributed by atoms with E-state index in [2.05, 4.69) is 6.92 Å². The van der Waals surface area contributed by atoms with Gasteiger partial charge < -0.3 is 37.3 Å². The van der Waals surface area contributed by atoms with Crippen molar-refractivity contribution in [2.24, 2.45) is 5.41 Å². The molecule has 9 heteroatoms. The molecule has 2 fully saturated rings. The molecule has 0 N–H and O–H groups in total. The molecule has 2 rings (SSSR count). The molecule has 0 aliphatic carbocycles. The molecule has 2 aliphatic heterocycles. The van der Waals surface area contributed by atoms with Crippen LogP contribution in [-0.4, -0.2) is 94.3 Å². The first kappa shape index (κ1) is 23.2. The van der Waals surface area contributed by atoms with Crippen molar-refractivity contribution in [3.05, 3.63) is 0 Å². The van der Waals surface area contributed by atoms with Crippen molar-refractivity contribution in [3.63, 3.8) is 0 Å². The number of ether oxygens (including phenoxy) is 6. The summed E-state index contributed by atoms with van der Waals surface area (Å²) in [6.45, 7) is 7.86. The highest BCUT2D eigenvalue weighted by Gasteiger charge is 2.60. The Morgan fingerprint density at radius 2 is 1.33 bits per heavy atom. The maximum absolute atomic E-state index is 6.01. The average Bonchev–Trinajstić information content (AvgIpc) is 3.58. The van der Waals surface area contributed by atoms with Crippen LogP contribution in [0, 0.1) is 5.41 Å². The fourth-order valence-corrected chi connectivity index (χ4v) is 7.37. The third-order valence-electron chi connectivity index (χ3n) is 5.34. The first-order valence-corrected chi connectivity index (χ1v) is 11.5. The lowest BCUT2D eigenvalue weighted by Gasteiger charge is -2.46. The Balaban J connectivity index is 2.12. The smallest absolute Gasteiger partial charge is 0.395 e. The summed E-state index contributed by atoms with van der Waals surface area (Å²) in [7, 11) is 3.64. The molecule has 2 heterocycles. The van der Waals surface area contributed by atoms with Gasteiger partial charge >= 0.3 is 8.56 Å². The van der Waals surface area contributed by atoms with Gasteiger partial charge in [0.15, 0.2) is 0 Å². The standard InChI is InChI=1S/C18H36O8Si/c1-7-18(19-3,20-4)27(21-5,22-6)14-17(2,12-23-8-15-10-25-15)13-24-9-16-11-26-16/h15-16H,7-14H2,1-6H3. The van der Waals surface area contributed by atoms with Crippen LogP contribution in [0.2, 0.25) is 6.04 Å². The summed E-state index contributed by atoms with van der Waals surface area (Å²) < 4.78 is 46.0. The van der Waals surface area contributed by atoms with Crippen LogP contribution in [-0.2, 0) is 37.3 Å². The van der Waals surface area contributed by atoms with Crippen molar-refractivity contribution in [3.8, 4) is 0 Å². The minimum Gasteiger partial charge on any atom is -0.395 e. The monoisotopic (exact) mass is 408 g/mol. The highest BCUT2D eigenvalue weighted by molar-refractivity contribution is 6.70. The second kappa shape index (κ2) is 10.1. The van der Waals surface area contributed by atoms with Crippen LogP contribution < -0.4 is 0 Å². The second-order valence-electron chi connectivity index (χ2n) is 7.60. The summed E-state index contributed by atoms with van der Waals surface area (Å²) in [4.78, 5) is 0. The third kappa shape index (κ3) is 5.94. The molecule has 0 aromatic heterocycles. The van der Waals surface area contributed by atoms with Crippen molar-refractivity contribution < 1.29 is 37.3 Å². The molecule has 0 radical (unpaired) electrons. The van der Waals surface area contributed by atoms with E-state index < -0.39 is 14.0 Å². The molecule has 2 saturated heterocycles. The Labute approximate surface area is 163 Å². The van der Waals surface area contributed by atoms with Gasteiger partial charge in [-0.15, -0.1) is 0 Å². The van der Waals surface area contributed by atoms with Crippen molar-refractivity contribution in [2.75, 3.05) is 68.1 Å². The fraction of sp³-hybridized carbons (Fsp3) is 1.00. The highest BCUT2D eigenvalue weighted by Crippen LogP contribution is 2.40. The van der Waals surface area contributed by atoms with Gasteiger partial charge in [0.05, 0.1) is 39.6 Å². The highest BCUT2D eigenvalue weighted by atomic mass is 28.4. The predicted octanol–water partition coefficient (Wildman–Crippen LogP) is 1.50. The minimum absolute atomic E-state index is 0.217. The quantitative estimate of drug-likeness (QED) is 0.216. The maximum Gasteiger partial charge on any atom is 0.399 e. The number of epoxide rings is 2. The van der Waals surface area contributed by atoms with E-state index in [1.165, 1.54) is 0 Å². The fourth-order valence-electron chi connectivity index (χ4n) is 3.53. The van der Waals surface area contributed by atoms with E-state index in [1.807, 2.05) is 6.92 Å². The summed E-state index contributed by atoms with van der Waals surface area (Å²) >= 11 is 0. The van der Waals surface area contributed by atoms with Crippen molar-refractivity contribution >= 4 is 8.56 Å². The van der Waals surface area contributed by atoms with Gasteiger partial charge in [-0.2, -0.15) is 0 Å². The molecule has 2 unspecified atom stereocenters. The van der Waals surface area contributed by atoms with E-state index in [9.17, 15) is 0 Å². The van der Waals surface area contributed by atoms with E-state index in [0.29, 0.717) is 38.9 Å². The zero-order chi connectivity index (χ0) is 20.0. The Hall–Kier alpha value is -0.103. The van der Waals surface area contributed by atoms with Crippen molar-refractivity contribution in [2.45, 2.75) is 43.9 Å². The topological polar surface area (TPSA) is 80.4 Å². The SMILES string of the molecule is CCC(OC)(OC)[Si](CC(C)(COCC1CO1)COCC1CO1)(OC)OC. The van der Waals surface area contributed by atoms with Gasteiger partial charge in [0, 0.05) is 46.3 Å². The molecular weight excluding hydrogens is 372 g/mol. The van der Waals surface area contributed by atoms with Gasteiger partial charge in [0.1, 0.15) is 12.2 Å². The van der Waals surface area contributed by atoms with Gasteiger partial charge in [-0.3, -0.25) is 0 Å². The van der Waals surface area contributed by atoms with Crippen LogP contribution in [0.3, 0.4) is 0 Å². The Kier molecular flexibility index (Phi) is 8.66. The zero-order valence-electron chi connectivity index (χ0n) is 17.6. The third-order valence-corrected chi connectivity index (χ3v) is 9.90. The zero-order valence-corrected chi connectivity index (χ0v) is 18.6. The van der Waals surface area contributed by atoms with Crippen LogP contribution in [0.5, 0.6) is 0 Å². The van der Waals surface area contributed by atoms with Gasteiger partial charge in [0.25, 0.3) is 0 Å². The minimum atomic E-state index is -2.95. The normalized spacial score (nSPS) is 24.7. The Morgan fingerprint density at radius 1 is 0.889 bits per heavy atom. The molecule has 27 heavy (non-hydrogen) atoms. The summed E-state index contributed by atoms with van der Waals surface area (Å²) in [5.41, 5.74) is -1.25. The lowest BCUT2D eigenvalue weighted by atomic mass is 9.96. The van der Waals surface area contributed by atoms with Crippen LogP contribution in [0.1, 0.15) is 20.3 Å². The molecule has 0 saturated carbocycles. The summed E-state index contributed by atoms with van der Waals surface area (Å²) in [5, 5.41) is 0. The van der Waals surface area contributed by atoms with Crippen LogP contribution in [0.25, 0.3) is 0 Å². The maximum atomic E-state index is 6.01. The number of rotatable bonds is 16. The Morgan fingerprint density at radius 3 is 1.63 bits per heavy atom. The van der Waals surface area contributed by atoms with Crippen LogP contribution >= 0.6 is 0 Å². The summed E-state index contributed by atoms with van der Waals surface area (Å²) in [6.07, 6.45) is 1.04. The van der Waals surface area contributed by atoms with E-state index in [4.69, 9.17) is 37.3 Å². The number of hydrogen-bond acceptors (Lipinski definition) is 8. The molecule has 2 atom stereocenters. The number of hydrogen-bond donors (Lipinski definition) is 0. The van der Waals surface area contributed by atoms with Crippen LogP contribution in [0.15, 0.2) is 0 Å². The van der Waals surface area contributed by atoms with E-state index >= 15 is 0 Å². The first-order chi connectivity index (χ1) is 12.9. The summed E-state index contributed by atoms with van der Waals surface area (Å²) in [5.74, 6) is 0. The molecule has 0 bridgehead atoms. The lowest BCUT2D eigenvalue weighted by molar-refractivity contribution is -0.177. The first-order valence-electron chi connectivity index (χ1n) is 9.51. The molecule has 0 amide bonds. The van der Waals surface area contributed by atoms with Crippen LogP contribution in [0.4, 0.5) is 0 Å². The van der Waals surface area contributed by atoms with Crippen molar-refractivity contribution in [1.82, 2.24) is 0 Å². The van der Waals surface area contributed by atoms with Gasteiger partial charge in [-0.05, 0) is 0 Å². The van der Waals surface area contributed by atoms with E-state index in [1.54, 1.807) is 28.4 Å². The average molecular weight is 409 g/mol. The number of methoxy groups -OCH3 is 2. The van der Waals surface area contributed by atoms with E-state index in [0.717, 1.165) is 13.2 Å². The molecular formula is C18H36O8Si. The molecule has 0 aromatic carbocycles. The molecule has 160 valence electrons. The van der Waals surface area contributed by atoms with Gasteiger partial charge in [-0.1, -0.05) is 13.8 Å². The van der Waals surface area contributed by atoms with E-state index in [-0.39, 0.29) is 17.6 Å². The van der Waals surface area contributed by atoms with Gasteiger partial charge in [0.2, 0.25) is 5.41 Å². The van der Waals surface area contributed by atoms with Crippen molar-refractivity contribution in [1.29, 1.82) is 0 Å².